The molecule has 2 heterocycles. The molecular weight excluding hydrogens is 248 g/mol. The van der Waals surface area contributed by atoms with Crippen molar-refractivity contribution < 1.29 is 4.74 Å². The second-order valence-corrected chi connectivity index (χ2v) is 8.02. The van der Waals surface area contributed by atoms with Crippen LogP contribution in [0.3, 0.4) is 0 Å². The summed E-state index contributed by atoms with van der Waals surface area (Å²) in [6.07, 6.45) is 9.71. The monoisotopic (exact) mass is 280 g/mol. The number of nitrogens with one attached hydrogen (secondary N) is 1. The number of nitrogens with zero attached hydrogens (tertiary/aromatic N) is 1. The Bertz CT molecular complexity index is 336. The lowest BCUT2D eigenvalue weighted by Crippen LogP contribution is -2.51. The second kappa shape index (κ2) is 5.58. The maximum atomic E-state index is 6.23. The summed E-state index contributed by atoms with van der Waals surface area (Å²) < 4.78 is 6.23. The van der Waals surface area contributed by atoms with Crippen molar-refractivity contribution in [1.29, 1.82) is 0 Å². The van der Waals surface area contributed by atoms with Crippen LogP contribution in [-0.2, 0) is 4.74 Å². The molecule has 3 fully saturated rings. The molecular formula is C17H32N2O. The average Bonchev–Trinajstić information content (AvgIpc) is 2.91. The molecule has 0 aromatic rings. The van der Waals surface area contributed by atoms with Gasteiger partial charge in [-0.15, -0.1) is 0 Å². The van der Waals surface area contributed by atoms with E-state index >= 15 is 0 Å². The molecule has 1 saturated carbocycles. The first kappa shape index (κ1) is 14.8. The first-order valence-electron chi connectivity index (χ1n) is 8.65. The van der Waals surface area contributed by atoms with Gasteiger partial charge in [0.05, 0.1) is 11.7 Å². The van der Waals surface area contributed by atoms with E-state index in [-0.39, 0.29) is 5.60 Å². The van der Waals surface area contributed by atoms with Gasteiger partial charge in [0.15, 0.2) is 0 Å². The smallest absolute Gasteiger partial charge is 0.0710 e. The Morgan fingerprint density at radius 2 is 1.90 bits per heavy atom. The van der Waals surface area contributed by atoms with E-state index in [0.29, 0.717) is 17.7 Å². The zero-order valence-corrected chi connectivity index (χ0v) is 13.6. The van der Waals surface area contributed by atoms with E-state index < -0.39 is 0 Å². The van der Waals surface area contributed by atoms with E-state index in [1.165, 1.54) is 58.0 Å². The average molecular weight is 280 g/mol. The van der Waals surface area contributed by atoms with Crippen molar-refractivity contribution in [3.63, 3.8) is 0 Å². The van der Waals surface area contributed by atoms with Gasteiger partial charge in [0.1, 0.15) is 0 Å². The third-order valence-corrected chi connectivity index (χ3v) is 5.74. The highest BCUT2D eigenvalue weighted by Crippen LogP contribution is 2.34. The molecule has 1 aliphatic carbocycles. The van der Waals surface area contributed by atoms with Crippen molar-refractivity contribution in [2.24, 2.45) is 0 Å². The minimum absolute atomic E-state index is 0.100. The zero-order chi connectivity index (χ0) is 14.2. The topological polar surface area (TPSA) is 24.5 Å². The van der Waals surface area contributed by atoms with E-state index in [0.717, 1.165) is 6.54 Å². The first-order valence-corrected chi connectivity index (χ1v) is 8.65. The van der Waals surface area contributed by atoms with Crippen LogP contribution in [0.2, 0.25) is 0 Å². The summed E-state index contributed by atoms with van der Waals surface area (Å²) in [5.74, 6) is 0. The minimum Gasteiger partial charge on any atom is -0.371 e. The molecule has 3 heteroatoms. The summed E-state index contributed by atoms with van der Waals surface area (Å²) in [5, 5.41) is 3.88. The molecule has 2 unspecified atom stereocenters. The molecule has 3 rings (SSSR count). The largest absolute Gasteiger partial charge is 0.371 e. The molecule has 0 aromatic carbocycles. The quantitative estimate of drug-likeness (QED) is 0.841. The Kier molecular flexibility index (Phi) is 4.13. The van der Waals surface area contributed by atoms with Crippen LogP contribution in [0.25, 0.3) is 0 Å². The Balaban J connectivity index is 1.63. The summed E-state index contributed by atoms with van der Waals surface area (Å²) in [5.41, 5.74) is 0.516. The van der Waals surface area contributed by atoms with E-state index in [4.69, 9.17) is 4.74 Å². The first-order chi connectivity index (χ1) is 9.48. The molecule has 116 valence electrons. The van der Waals surface area contributed by atoms with Crippen molar-refractivity contribution in [1.82, 2.24) is 10.2 Å². The lowest BCUT2D eigenvalue weighted by atomic mass is 9.96. The molecule has 2 saturated heterocycles. The zero-order valence-electron chi connectivity index (χ0n) is 13.6. The summed E-state index contributed by atoms with van der Waals surface area (Å²) in [6, 6.07) is 0.690. The fraction of sp³-hybridized carbons (Fsp3) is 1.00. The molecule has 1 spiro atoms. The van der Waals surface area contributed by atoms with Gasteiger partial charge in [0.25, 0.3) is 0 Å². The standard InChI is InChI=1S/C17H32N2O/c1-14-7-11-18-17(8-4-5-9-17)13-19(14)12-15-6-10-16(2,3)20-15/h14-15,18H,4-13H2,1-3H3. The molecule has 2 atom stereocenters. The van der Waals surface area contributed by atoms with Gasteiger partial charge in [0, 0.05) is 24.7 Å². The summed E-state index contributed by atoms with van der Waals surface area (Å²) in [7, 11) is 0. The molecule has 20 heavy (non-hydrogen) atoms. The lowest BCUT2D eigenvalue weighted by Gasteiger charge is -2.36. The van der Waals surface area contributed by atoms with Crippen molar-refractivity contribution in [3.8, 4) is 0 Å². The normalized spacial score (nSPS) is 37.4. The highest BCUT2D eigenvalue weighted by Gasteiger charge is 2.40. The summed E-state index contributed by atoms with van der Waals surface area (Å²) in [6.45, 7) is 10.4. The molecule has 3 nitrogen and oxygen atoms in total. The van der Waals surface area contributed by atoms with Crippen LogP contribution in [-0.4, -0.2) is 47.8 Å². The third kappa shape index (κ3) is 3.20. The molecule has 0 bridgehead atoms. The van der Waals surface area contributed by atoms with Crippen molar-refractivity contribution in [3.05, 3.63) is 0 Å². The van der Waals surface area contributed by atoms with Crippen LogP contribution in [0, 0.1) is 0 Å². The second-order valence-electron chi connectivity index (χ2n) is 8.02. The van der Waals surface area contributed by atoms with Crippen LogP contribution in [0.15, 0.2) is 0 Å². The van der Waals surface area contributed by atoms with Crippen LogP contribution in [0.1, 0.15) is 65.7 Å². The molecule has 0 amide bonds. The number of rotatable bonds is 2. The molecule has 1 N–H and O–H groups in total. The molecule has 3 aliphatic rings. The van der Waals surface area contributed by atoms with Crippen molar-refractivity contribution in [2.75, 3.05) is 19.6 Å². The van der Waals surface area contributed by atoms with Crippen LogP contribution in [0.4, 0.5) is 0 Å². The van der Waals surface area contributed by atoms with E-state index in [2.05, 4.69) is 31.0 Å². The molecule has 0 radical (unpaired) electrons. The third-order valence-electron chi connectivity index (χ3n) is 5.74. The van der Waals surface area contributed by atoms with Crippen LogP contribution >= 0.6 is 0 Å². The minimum atomic E-state index is 0.100. The van der Waals surface area contributed by atoms with E-state index in [9.17, 15) is 0 Å². The van der Waals surface area contributed by atoms with E-state index in [1.54, 1.807) is 0 Å². The number of hydrogen-bond acceptors (Lipinski definition) is 3. The summed E-state index contributed by atoms with van der Waals surface area (Å²) >= 11 is 0. The molecule has 2 aliphatic heterocycles. The fourth-order valence-corrected chi connectivity index (χ4v) is 4.43. The van der Waals surface area contributed by atoms with Crippen molar-refractivity contribution >= 4 is 0 Å². The predicted molar refractivity (Wildman–Crippen MR) is 83.0 cm³/mol. The van der Waals surface area contributed by atoms with Crippen molar-refractivity contribution in [2.45, 2.75) is 89.0 Å². The van der Waals surface area contributed by atoms with Gasteiger partial charge >= 0.3 is 0 Å². The maximum absolute atomic E-state index is 6.23. The lowest BCUT2D eigenvalue weighted by molar-refractivity contribution is -0.0347. The van der Waals surface area contributed by atoms with Gasteiger partial charge in [-0.2, -0.15) is 0 Å². The SMILES string of the molecule is CC1CCNC2(CCCC2)CN1CC1CCC(C)(C)O1. The number of hydrogen-bond donors (Lipinski definition) is 1. The van der Waals surface area contributed by atoms with Gasteiger partial charge in [-0.3, -0.25) is 4.90 Å². The van der Waals surface area contributed by atoms with Gasteiger partial charge in [-0.05, 0) is 59.4 Å². The summed E-state index contributed by atoms with van der Waals surface area (Å²) in [4.78, 5) is 2.72. The van der Waals surface area contributed by atoms with Gasteiger partial charge in [0.2, 0.25) is 0 Å². The Labute approximate surface area is 124 Å². The highest BCUT2D eigenvalue weighted by molar-refractivity contribution is 4.99. The van der Waals surface area contributed by atoms with Crippen LogP contribution < -0.4 is 5.32 Å². The Hall–Kier alpha value is -0.120. The van der Waals surface area contributed by atoms with Gasteiger partial charge in [-0.1, -0.05) is 12.8 Å². The van der Waals surface area contributed by atoms with Gasteiger partial charge in [-0.25, -0.2) is 0 Å². The van der Waals surface area contributed by atoms with E-state index in [1.807, 2.05) is 0 Å². The maximum Gasteiger partial charge on any atom is 0.0710 e. The Morgan fingerprint density at radius 1 is 1.15 bits per heavy atom. The van der Waals surface area contributed by atoms with Gasteiger partial charge < -0.3 is 10.1 Å². The number of ether oxygens (including phenoxy) is 1. The molecule has 0 aromatic heterocycles. The van der Waals surface area contributed by atoms with Crippen LogP contribution in [0.5, 0.6) is 0 Å². The highest BCUT2D eigenvalue weighted by atomic mass is 16.5. The predicted octanol–water partition coefficient (Wildman–Crippen LogP) is 2.94. The fourth-order valence-electron chi connectivity index (χ4n) is 4.43. The Morgan fingerprint density at radius 3 is 2.55 bits per heavy atom.